The van der Waals surface area contributed by atoms with Crippen molar-refractivity contribution in [3.8, 4) is 0 Å². The average Bonchev–Trinajstić information content (AvgIpc) is 2.91. The monoisotopic (exact) mass is 286 g/mol. The Balaban J connectivity index is 2.06. The highest BCUT2D eigenvalue weighted by Gasteiger charge is 2.33. The Kier molecular flexibility index (Phi) is 4.57. The van der Waals surface area contributed by atoms with E-state index in [2.05, 4.69) is 22.3 Å². The number of hydrogen-bond acceptors (Lipinski definition) is 5. The molecule has 2 heterocycles. The summed E-state index contributed by atoms with van der Waals surface area (Å²) in [5, 5.41) is 7.53. The molecule has 19 heavy (non-hydrogen) atoms. The molecular weight excluding hydrogens is 264 g/mol. The van der Waals surface area contributed by atoms with Crippen LogP contribution in [0.15, 0.2) is 6.33 Å². The lowest BCUT2D eigenvalue weighted by molar-refractivity contribution is 0.370. The van der Waals surface area contributed by atoms with Crippen LogP contribution in [0.2, 0.25) is 0 Å². The van der Waals surface area contributed by atoms with E-state index < -0.39 is 9.84 Å². The lowest BCUT2D eigenvalue weighted by Crippen LogP contribution is -2.39. The van der Waals surface area contributed by atoms with Gasteiger partial charge in [-0.1, -0.05) is 6.92 Å². The number of nitrogens with zero attached hydrogens (tertiary/aromatic N) is 3. The van der Waals surface area contributed by atoms with Crippen LogP contribution >= 0.6 is 0 Å². The average molecular weight is 286 g/mol. The Morgan fingerprint density at radius 3 is 2.89 bits per heavy atom. The Morgan fingerprint density at radius 1 is 1.58 bits per heavy atom. The van der Waals surface area contributed by atoms with Crippen molar-refractivity contribution in [2.24, 2.45) is 13.0 Å². The SMILES string of the molecule is CCCNC(Cc1ncnn1C)C1CCS(=O)(=O)C1. The molecule has 0 saturated carbocycles. The van der Waals surface area contributed by atoms with Gasteiger partial charge in [-0.3, -0.25) is 4.68 Å². The molecule has 1 aliphatic heterocycles. The standard InChI is InChI=1S/C12H22N4O2S/c1-3-5-13-11(7-12-14-9-15-16(12)2)10-4-6-19(17,18)8-10/h9-11,13H,3-8H2,1-2H3. The zero-order chi connectivity index (χ0) is 13.9. The second kappa shape index (κ2) is 6.00. The normalized spacial score (nSPS) is 23.6. The van der Waals surface area contributed by atoms with E-state index in [-0.39, 0.29) is 12.0 Å². The lowest BCUT2D eigenvalue weighted by Gasteiger charge is -2.23. The van der Waals surface area contributed by atoms with Crippen molar-refractivity contribution in [1.29, 1.82) is 0 Å². The van der Waals surface area contributed by atoms with Gasteiger partial charge in [-0.2, -0.15) is 5.10 Å². The molecule has 2 atom stereocenters. The second-order valence-corrected chi connectivity index (χ2v) is 7.46. The maximum absolute atomic E-state index is 11.6. The number of sulfone groups is 1. The van der Waals surface area contributed by atoms with Gasteiger partial charge in [0.05, 0.1) is 11.5 Å². The van der Waals surface area contributed by atoms with Gasteiger partial charge in [0.25, 0.3) is 0 Å². The van der Waals surface area contributed by atoms with E-state index in [1.807, 2.05) is 7.05 Å². The first-order valence-corrected chi connectivity index (χ1v) is 8.60. The van der Waals surface area contributed by atoms with Gasteiger partial charge in [-0.25, -0.2) is 13.4 Å². The van der Waals surface area contributed by atoms with Crippen molar-refractivity contribution in [2.75, 3.05) is 18.1 Å². The van der Waals surface area contributed by atoms with Gasteiger partial charge in [0.15, 0.2) is 9.84 Å². The Hall–Kier alpha value is -0.950. The molecule has 0 radical (unpaired) electrons. The zero-order valence-electron chi connectivity index (χ0n) is 11.5. The Bertz CT molecular complexity index is 512. The second-order valence-electron chi connectivity index (χ2n) is 5.23. The maximum Gasteiger partial charge on any atom is 0.150 e. The zero-order valence-corrected chi connectivity index (χ0v) is 12.4. The van der Waals surface area contributed by atoms with Gasteiger partial charge in [0.2, 0.25) is 0 Å². The molecule has 7 heteroatoms. The highest BCUT2D eigenvalue weighted by Crippen LogP contribution is 2.23. The molecule has 1 aliphatic rings. The quantitative estimate of drug-likeness (QED) is 0.806. The van der Waals surface area contributed by atoms with Crippen LogP contribution in [-0.4, -0.2) is 47.3 Å². The lowest BCUT2D eigenvalue weighted by atomic mass is 9.96. The van der Waals surface area contributed by atoms with E-state index in [9.17, 15) is 8.42 Å². The molecule has 1 aromatic heterocycles. The number of nitrogens with one attached hydrogen (secondary N) is 1. The van der Waals surface area contributed by atoms with Gasteiger partial charge in [0, 0.05) is 19.5 Å². The predicted octanol–water partition coefficient (Wildman–Crippen LogP) is 0.161. The minimum atomic E-state index is -2.84. The predicted molar refractivity (Wildman–Crippen MR) is 73.5 cm³/mol. The minimum Gasteiger partial charge on any atom is -0.313 e. The third kappa shape index (κ3) is 3.76. The van der Waals surface area contributed by atoms with Gasteiger partial charge in [-0.15, -0.1) is 0 Å². The Morgan fingerprint density at radius 2 is 2.37 bits per heavy atom. The summed E-state index contributed by atoms with van der Waals surface area (Å²) in [5.74, 6) is 1.71. The van der Waals surface area contributed by atoms with Gasteiger partial charge in [-0.05, 0) is 25.3 Å². The molecule has 0 aliphatic carbocycles. The first-order chi connectivity index (χ1) is 9.02. The van der Waals surface area contributed by atoms with E-state index in [1.165, 1.54) is 6.33 Å². The molecule has 1 N–H and O–H groups in total. The molecule has 6 nitrogen and oxygen atoms in total. The van der Waals surface area contributed by atoms with Crippen LogP contribution in [0.1, 0.15) is 25.6 Å². The van der Waals surface area contributed by atoms with Crippen LogP contribution < -0.4 is 5.32 Å². The molecule has 0 amide bonds. The summed E-state index contributed by atoms with van der Waals surface area (Å²) in [6, 6.07) is 0.167. The molecule has 2 rings (SSSR count). The highest BCUT2D eigenvalue weighted by atomic mass is 32.2. The largest absolute Gasteiger partial charge is 0.313 e. The van der Waals surface area contributed by atoms with E-state index in [0.717, 1.165) is 31.6 Å². The number of aromatic nitrogens is 3. The third-order valence-electron chi connectivity index (χ3n) is 3.70. The van der Waals surface area contributed by atoms with E-state index in [1.54, 1.807) is 4.68 Å². The first kappa shape index (κ1) is 14.5. The third-order valence-corrected chi connectivity index (χ3v) is 5.49. The van der Waals surface area contributed by atoms with Crippen LogP contribution in [0.4, 0.5) is 0 Å². The van der Waals surface area contributed by atoms with Gasteiger partial charge < -0.3 is 5.32 Å². The van der Waals surface area contributed by atoms with Crippen molar-refractivity contribution in [2.45, 2.75) is 32.2 Å². The number of rotatable bonds is 6. The molecule has 1 saturated heterocycles. The molecular formula is C12H22N4O2S. The molecule has 1 aromatic rings. The first-order valence-electron chi connectivity index (χ1n) is 6.78. The minimum absolute atomic E-state index is 0.167. The molecule has 0 bridgehead atoms. The summed E-state index contributed by atoms with van der Waals surface area (Å²) in [7, 11) is -0.972. The van der Waals surface area contributed by atoms with Crippen LogP contribution in [-0.2, 0) is 23.3 Å². The number of hydrogen-bond donors (Lipinski definition) is 1. The van der Waals surface area contributed by atoms with Crippen LogP contribution in [0.3, 0.4) is 0 Å². The van der Waals surface area contributed by atoms with E-state index >= 15 is 0 Å². The van der Waals surface area contributed by atoms with Crippen molar-refractivity contribution in [1.82, 2.24) is 20.1 Å². The van der Waals surface area contributed by atoms with E-state index in [0.29, 0.717) is 11.5 Å². The van der Waals surface area contributed by atoms with Crippen LogP contribution in [0, 0.1) is 5.92 Å². The topological polar surface area (TPSA) is 76.9 Å². The molecule has 0 spiro atoms. The molecule has 2 unspecified atom stereocenters. The van der Waals surface area contributed by atoms with Gasteiger partial charge >= 0.3 is 0 Å². The van der Waals surface area contributed by atoms with Crippen molar-refractivity contribution in [3.05, 3.63) is 12.2 Å². The van der Waals surface area contributed by atoms with Crippen molar-refractivity contribution in [3.63, 3.8) is 0 Å². The van der Waals surface area contributed by atoms with Crippen molar-refractivity contribution >= 4 is 9.84 Å². The number of aryl methyl sites for hydroxylation is 1. The molecule has 0 aromatic carbocycles. The summed E-state index contributed by atoms with van der Waals surface area (Å²) in [5.41, 5.74) is 0. The summed E-state index contributed by atoms with van der Waals surface area (Å²) in [6.07, 6.45) is 4.06. The smallest absolute Gasteiger partial charge is 0.150 e. The Labute approximate surface area is 114 Å². The van der Waals surface area contributed by atoms with Crippen molar-refractivity contribution < 1.29 is 8.42 Å². The van der Waals surface area contributed by atoms with Crippen LogP contribution in [0.5, 0.6) is 0 Å². The fourth-order valence-electron chi connectivity index (χ4n) is 2.58. The van der Waals surface area contributed by atoms with Crippen LogP contribution in [0.25, 0.3) is 0 Å². The van der Waals surface area contributed by atoms with E-state index in [4.69, 9.17) is 0 Å². The molecule has 1 fully saturated rings. The fourth-order valence-corrected chi connectivity index (χ4v) is 4.46. The summed E-state index contributed by atoms with van der Waals surface area (Å²) in [4.78, 5) is 4.23. The van der Waals surface area contributed by atoms with Gasteiger partial charge in [0.1, 0.15) is 12.2 Å². The summed E-state index contributed by atoms with van der Waals surface area (Å²) >= 11 is 0. The summed E-state index contributed by atoms with van der Waals surface area (Å²) < 4.78 is 25.0. The summed E-state index contributed by atoms with van der Waals surface area (Å²) in [6.45, 7) is 3.01. The molecule has 108 valence electrons. The maximum atomic E-state index is 11.6. The highest BCUT2D eigenvalue weighted by molar-refractivity contribution is 7.91. The fraction of sp³-hybridized carbons (Fsp3) is 0.833.